The maximum absolute atomic E-state index is 12.4. The summed E-state index contributed by atoms with van der Waals surface area (Å²) in [5, 5.41) is 3.27. The van der Waals surface area contributed by atoms with Gasteiger partial charge in [0.15, 0.2) is 5.60 Å². The smallest absolute Gasteiger partial charge is 0.430 e. The second kappa shape index (κ2) is 5.00. The van der Waals surface area contributed by atoms with Crippen LogP contribution in [-0.2, 0) is 14.3 Å². The lowest BCUT2D eigenvalue weighted by Gasteiger charge is -2.38. The SMILES string of the molecule is O=C1OCC2(CCN(C(=O)C3CCCNC3)CC2)O1. The van der Waals surface area contributed by atoms with E-state index < -0.39 is 11.8 Å². The first-order chi connectivity index (χ1) is 9.19. The van der Waals surface area contributed by atoms with Gasteiger partial charge in [-0.15, -0.1) is 0 Å². The summed E-state index contributed by atoms with van der Waals surface area (Å²) in [7, 11) is 0. The molecule has 0 aromatic heterocycles. The molecule has 1 unspecified atom stereocenters. The Labute approximate surface area is 112 Å². The summed E-state index contributed by atoms with van der Waals surface area (Å²) in [6.07, 6.45) is 2.84. The maximum atomic E-state index is 12.4. The van der Waals surface area contributed by atoms with Crippen LogP contribution in [0.1, 0.15) is 25.7 Å². The zero-order valence-electron chi connectivity index (χ0n) is 11.0. The van der Waals surface area contributed by atoms with Gasteiger partial charge in [-0.2, -0.15) is 0 Å². The van der Waals surface area contributed by atoms with Crippen molar-refractivity contribution in [1.29, 1.82) is 0 Å². The first-order valence-electron chi connectivity index (χ1n) is 7.04. The van der Waals surface area contributed by atoms with Crippen LogP contribution in [0.25, 0.3) is 0 Å². The van der Waals surface area contributed by atoms with E-state index in [1.165, 1.54) is 0 Å². The van der Waals surface area contributed by atoms with Crippen molar-refractivity contribution in [2.45, 2.75) is 31.3 Å². The minimum absolute atomic E-state index is 0.116. The molecule has 3 aliphatic rings. The molecule has 1 spiro atoms. The van der Waals surface area contributed by atoms with Gasteiger partial charge in [-0.3, -0.25) is 4.79 Å². The van der Waals surface area contributed by atoms with E-state index in [4.69, 9.17) is 9.47 Å². The van der Waals surface area contributed by atoms with E-state index in [-0.39, 0.29) is 11.8 Å². The molecule has 0 bridgehead atoms. The van der Waals surface area contributed by atoms with Crippen LogP contribution >= 0.6 is 0 Å². The fourth-order valence-electron chi connectivity index (χ4n) is 3.13. The van der Waals surface area contributed by atoms with E-state index in [1.807, 2.05) is 4.90 Å². The molecule has 0 radical (unpaired) electrons. The van der Waals surface area contributed by atoms with Gasteiger partial charge in [0.25, 0.3) is 0 Å². The van der Waals surface area contributed by atoms with Crippen molar-refractivity contribution in [2.24, 2.45) is 5.92 Å². The van der Waals surface area contributed by atoms with Crippen LogP contribution in [-0.4, -0.2) is 55.3 Å². The molecular weight excluding hydrogens is 248 g/mol. The Kier molecular flexibility index (Phi) is 3.35. The zero-order valence-corrected chi connectivity index (χ0v) is 11.0. The van der Waals surface area contributed by atoms with Crippen LogP contribution < -0.4 is 5.32 Å². The number of amides is 1. The lowest BCUT2D eigenvalue weighted by molar-refractivity contribution is -0.139. The summed E-state index contributed by atoms with van der Waals surface area (Å²) in [6.45, 7) is 3.45. The third kappa shape index (κ3) is 2.54. The fourth-order valence-corrected chi connectivity index (χ4v) is 3.13. The van der Waals surface area contributed by atoms with E-state index >= 15 is 0 Å². The Morgan fingerprint density at radius 2 is 2.16 bits per heavy atom. The molecule has 106 valence electrons. The van der Waals surface area contributed by atoms with E-state index in [0.717, 1.165) is 25.9 Å². The Balaban J connectivity index is 1.54. The number of ether oxygens (including phenoxy) is 2. The van der Waals surface area contributed by atoms with Gasteiger partial charge in [-0.25, -0.2) is 4.79 Å². The minimum Gasteiger partial charge on any atom is -0.430 e. The number of hydrogen-bond acceptors (Lipinski definition) is 5. The largest absolute Gasteiger partial charge is 0.509 e. The van der Waals surface area contributed by atoms with Crippen molar-refractivity contribution < 1.29 is 19.1 Å². The van der Waals surface area contributed by atoms with Gasteiger partial charge in [-0.1, -0.05) is 0 Å². The Hall–Kier alpha value is -1.30. The molecule has 3 saturated heterocycles. The van der Waals surface area contributed by atoms with Gasteiger partial charge in [0.1, 0.15) is 6.61 Å². The molecular formula is C13H20N2O4. The van der Waals surface area contributed by atoms with Crippen LogP contribution in [0.5, 0.6) is 0 Å². The average Bonchev–Trinajstić information content (AvgIpc) is 2.81. The lowest BCUT2D eigenvalue weighted by atomic mass is 9.90. The summed E-state index contributed by atoms with van der Waals surface area (Å²) in [5.74, 6) is 0.359. The van der Waals surface area contributed by atoms with Crippen molar-refractivity contribution in [3.05, 3.63) is 0 Å². The number of likely N-dealkylation sites (tertiary alicyclic amines) is 1. The molecule has 1 amide bonds. The van der Waals surface area contributed by atoms with Crippen molar-refractivity contribution in [1.82, 2.24) is 10.2 Å². The van der Waals surface area contributed by atoms with Crippen molar-refractivity contribution >= 4 is 12.1 Å². The second-order valence-electron chi connectivity index (χ2n) is 5.69. The van der Waals surface area contributed by atoms with Crippen LogP contribution in [0.4, 0.5) is 4.79 Å². The molecule has 3 rings (SSSR count). The third-order valence-electron chi connectivity index (χ3n) is 4.39. The highest BCUT2D eigenvalue weighted by Gasteiger charge is 2.45. The second-order valence-corrected chi connectivity index (χ2v) is 5.69. The van der Waals surface area contributed by atoms with Crippen molar-refractivity contribution in [3.63, 3.8) is 0 Å². The number of nitrogens with one attached hydrogen (secondary N) is 1. The first kappa shape index (κ1) is 12.7. The molecule has 0 aromatic carbocycles. The molecule has 0 aromatic rings. The highest BCUT2D eigenvalue weighted by molar-refractivity contribution is 5.79. The van der Waals surface area contributed by atoms with Gasteiger partial charge in [0, 0.05) is 32.5 Å². The first-order valence-corrected chi connectivity index (χ1v) is 7.04. The quantitative estimate of drug-likeness (QED) is 0.702. The van der Waals surface area contributed by atoms with Crippen molar-refractivity contribution in [2.75, 3.05) is 32.8 Å². The van der Waals surface area contributed by atoms with Gasteiger partial charge in [0.2, 0.25) is 5.91 Å². The lowest BCUT2D eigenvalue weighted by Crippen LogP contribution is -2.51. The monoisotopic (exact) mass is 268 g/mol. The molecule has 0 saturated carbocycles. The number of carbonyl (C=O) groups excluding carboxylic acids is 2. The number of piperidine rings is 2. The van der Waals surface area contributed by atoms with Crippen LogP contribution in [0.15, 0.2) is 0 Å². The summed E-state index contributed by atoms with van der Waals surface area (Å²) in [4.78, 5) is 25.3. The fraction of sp³-hybridized carbons (Fsp3) is 0.846. The summed E-state index contributed by atoms with van der Waals surface area (Å²) < 4.78 is 10.1. The van der Waals surface area contributed by atoms with E-state index in [1.54, 1.807) is 0 Å². The van der Waals surface area contributed by atoms with Crippen LogP contribution in [0, 0.1) is 5.92 Å². The van der Waals surface area contributed by atoms with Gasteiger partial charge >= 0.3 is 6.16 Å². The summed E-state index contributed by atoms with van der Waals surface area (Å²) in [6, 6.07) is 0. The predicted molar refractivity (Wildman–Crippen MR) is 66.6 cm³/mol. The summed E-state index contributed by atoms with van der Waals surface area (Å²) >= 11 is 0. The van der Waals surface area contributed by atoms with Crippen LogP contribution in [0.2, 0.25) is 0 Å². The molecule has 3 aliphatic heterocycles. The molecule has 3 heterocycles. The number of nitrogens with zero attached hydrogens (tertiary/aromatic N) is 1. The number of carbonyl (C=O) groups is 2. The van der Waals surface area contributed by atoms with Gasteiger partial charge in [-0.05, 0) is 19.4 Å². The molecule has 3 fully saturated rings. The molecule has 0 aliphatic carbocycles. The number of hydrogen-bond donors (Lipinski definition) is 1. The average molecular weight is 268 g/mol. The summed E-state index contributed by atoms with van der Waals surface area (Å²) in [5.41, 5.74) is -0.474. The topological polar surface area (TPSA) is 67.9 Å². The maximum Gasteiger partial charge on any atom is 0.509 e. The highest BCUT2D eigenvalue weighted by Crippen LogP contribution is 2.32. The normalized spacial score (nSPS) is 30.0. The minimum atomic E-state index is -0.573. The number of rotatable bonds is 1. The van der Waals surface area contributed by atoms with E-state index in [0.29, 0.717) is 32.5 Å². The Morgan fingerprint density at radius 3 is 2.74 bits per heavy atom. The molecule has 19 heavy (non-hydrogen) atoms. The van der Waals surface area contributed by atoms with E-state index in [2.05, 4.69) is 5.32 Å². The molecule has 1 atom stereocenters. The standard InChI is InChI=1S/C13H20N2O4/c16-11(10-2-1-5-14-8-10)15-6-3-13(4-7-15)9-18-12(17)19-13/h10,14H,1-9H2. The predicted octanol–water partition coefficient (Wildman–Crippen LogP) is 0.514. The van der Waals surface area contributed by atoms with Gasteiger partial charge in [0.05, 0.1) is 5.92 Å². The van der Waals surface area contributed by atoms with Crippen LogP contribution in [0.3, 0.4) is 0 Å². The van der Waals surface area contributed by atoms with Gasteiger partial charge < -0.3 is 19.7 Å². The molecule has 1 N–H and O–H groups in total. The van der Waals surface area contributed by atoms with E-state index in [9.17, 15) is 9.59 Å². The Bertz CT molecular complexity index is 371. The Morgan fingerprint density at radius 1 is 1.37 bits per heavy atom. The number of cyclic esters (lactones) is 1. The highest BCUT2D eigenvalue weighted by atomic mass is 16.8. The molecule has 6 nitrogen and oxygen atoms in total. The third-order valence-corrected chi connectivity index (χ3v) is 4.39. The zero-order chi connectivity index (χ0) is 13.3. The van der Waals surface area contributed by atoms with Crippen molar-refractivity contribution in [3.8, 4) is 0 Å². The molecule has 6 heteroatoms.